The smallest absolute Gasteiger partial charge is 0.191 e. The lowest BCUT2D eigenvalue weighted by molar-refractivity contribution is 0.189. The Morgan fingerprint density at radius 2 is 1.94 bits per heavy atom. The van der Waals surface area contributed by atoms with Gasteiger partial charge in [0.25, 0.3) is 0 Å². The molecule has 1 aromatic rings. The summed E-state index contributed by atoms with van der Waals surface area (Å²) < 4.78 is 32.3. The van der Waals surface area contributed by atoms with Gasteiger partial charge in [0.05, 0.1) is 11.6 Å². The number of ether oxygens (including phenoxy) is 1. The van der Waals surface area contributed by atoms with Gasteiger partial charge in [-0.3, -0.25) is 0 Å². The van der Waals surface area contributed by atoms with Crippen molar-refractivity contribution in [2.24, 2.45) is 5.73 Å². The lowest BCUT2D eigenvalue weighted by atomic mass is 10.2. The summed E-state index contributed by atoms with van der Waals surface area (Å²) in [6, 6.07) is 3.64. The number of benzene rings is 1. The zero-order valence-corrected chi connectivity index (χ0v) is 9.12. The molecular weight excluding hydrogens is 226 g/mol. The molecule has 1 saturated carbocycles. The Hall–Kier alpha value is -1.67. The van der Waals surface area contributed by atoms with Crippen LogP contribution in [0.4, 0.5) is 8.78 Å². The summed E-state index contributed by atoms with van der Waals surface area (Å²) in [7, 11) is 0. The highest BCUT2D eigenvalue weighted by Gasteiger charge is 2.25. The van der Waals surface area contributed by atoms with Crippen molar-refractivity contribution < 1.29 is 13.5 Å². The van der Waals surface area contributed by atoms with Gasteiger partial charge in [0.1, 0.15) is 6.10 Å². The minimum Gasteiger partial charge on any atom is -0.484 e. The third-order valence-electron chi connectivity index (χ3n) is 2.84. The lowest BCUT2D eigenvalue weighted by Gasteiger charge is -2.14. The third-order valence-corrected chi connectivity index (χ3v) is 2.84. The van der Waals surface area contributed by atoms with Crippen molar-refractivity contribution in [3.05, 3.63) is 29.3 Å². The van der Waals surface area contributed by atoms with Gasteiger partial charge in [-0.1, -0.05) is 0 Å². The van der Waals surface area contributed by atoms with E-state index in [0.29, 0.717) is 12.8 Å². The van der Waals surface area contributed by atoms with Crippen LogP contribution in [0.25, 0.3) is 0 Å². The van der Waals surface area contributed by atoms with Crippen LogP contribution < -0.4 is 10.5 Å². The van der Waals surface area contributed by atoms with E-state index in [9.17, 15) is 8.78 Å². The SMILES string of the molecule is N#Cc1cc(F)c(OC2CCC(N)C2)c(F)c1. The molecule has 0 amide bonds. The molecule has 2 N–H and O–H groups in total. The van der Waals surface area contributed by atoms with Crippen LogP contribution in [0.3, 0.4) is 0 Å². The second kappa shape index (κ2) is 4.68. The molecule has 2 atom stereocenters. The minimum absolute atomic E-state index is 0.0319. The summed E-state index contributed by atoms with van der Waals surface area (Å²) in [4.78, 5) is 0. The van der Waals surface area contributed by atoms with Gasteiger partial charge in [-0.2, -0.15) is 5.26 Å². The second-order valence-corrected chi connectivity index (χ2v) is 4.19. The molecule has 1 aliphatic carbocycles. The van der Waals surface area contributed by atoms with Gasteiger partial charge < -0.3 is 10.5 Å². The highest BCUT2D eigenvalue weighted by Crippen LogP contribution is 2.28. The van der Waals surface area contributed by atoms with E-state index in [2.05, 4.69) is 0 Å². The Balaban J connectivity index is 2.19. The van der Waals surface area contributed by atoms with E-state index < -0.39 is 17.4 Å². The maximum atomic E-state index is 13.5. The fourth-order valence-corrected chi connectivity index (χ4v) is 1.98. The lowest BCUT2D eigenvalue weighted by Crippen LogP contribution is -2.19. The van der Waals surface area contributed by atoms with Gasteiger partial charge in [0.2, 0.25) is 0 Å². The molecule has 0 saturated heterocycles. The molecule has 2 unspecified atom stereocenters. The summed E-state index contributed by atoms with van der Waals surface area (Å²) in [5, 5.41) is 8.56. The van der Waals surface area contributed by atoms with E-state index in [1.165, 1.54) is 0 Å². The van der Waals surface area contributed by atoms with Gasteiger partial charge in [0.15, 0.2) is 17.4 Å². The predicted molar refractivity (Wildman–Crippen MR) is 57.3 cm³/mol. The van der Waals surface area contributed by atoms with Gasteiger partial charge in [-0.05, 0) is 31.4 Å². The van der Waals surface area contributed by atoms with E-state index >= 15 is 0 Å². The molecular formula is C12H12F2N2O. The van der Waals surface area contributed by atoms with Crippen LogP contribution in [0.2, 0.25) is 0 Å². The van der Waals surface area contributed by atoms with Crippen LogP contribution in [0.1, 0.15) is 24.8 Å². The number of hydrogen-bond acceptors (Lipinski definition) is 3. The van der Waals surface area contributed by atoms with E-state index in [4.69, 9.17) is 15.7 Å². The van der Waals surface area contributed by atoms with E-state index in [1.807, 2.05) is 0 Å². The normalized spacial score (nSPS) is 23.4. The van der Waals surface area contributed by atoms with Crippen molar-refractivity contribution in [1.29, 1.82) is 5.26 Å². The molecule has 1 fully saturated rings. The van der Waals surface area contributed by atoms with Crippen molar-refractivity contribution in [2.45, 2.75) is 31.4 Å². The first-order valence-corrected chi connectivity index (χ1v) is 5.41. The van der Waals surface area contributed by atoms with Gasteiger partial charge >= 0.3 is 0 Å². The first-order chi connectivity index (χ1) is 8.10. The number of rotatable bonds is 2. The van der Waals surface area contributed by atoms with Gasteiger partial charge in [0, 0.05) is 6.04 Å². The number of halogens is 2. The Labute approximate surface area is 97.8 Å². The fraction of sp³-hybridized carbons (Fsp3) is 0.417. The highest BCUT2D eigenvalue weighted by atomic mass is 19.1. The first-order valence-electron chi connectivity index (χ1n) is 5.41. The molecule has 2 rings (SSSR count). The molecule has 0 aromatic heterocycles. The maximum Gasteiger partial charge on any atom is 0.191 e. The summed E-state index contributed by atoms with van der Waals surface area (Å²) in [6.07, 6.45) is 1.84. The monoisotopic (exact) mass is 238 g/mol. The molecule has 1 aromatic carbocycles. The Morgan fingerprint density at radius 1 is 1.29 bits per heavy atom. The molecule has 90 valence electrons. The van der Waals surface area contributed by atoms with Crippen molar-refractivity contribution in [3.8, 4) is 11.8 Å². The van der Waals surface area contributed by atoms with Crippen molar-refractivity contribution in [1.82, 2.24) is 0 Å². The van der Waals surface area contributed by atoms with Crippen LogP contribution >= 0.6 is 0 Å². The van der Waals surface area contributed by atoms with Gasteiger partial charge in [-0.25, -0.2) is 8.78 Å². The number of nitrogens with two attached hydrogens (primary N) is 1. The molecule has 0 spiro atoms. The zero-order chi connectivity index (χ0) is 12.4. The van der Waals surface area contributed by atoms with Crippen LogP contribution in [0.5, 0.6) is 5.75 Å². The summed E-state index contributed by atoms with van der Waals surface area (Å²) in [5.41, 5.74) is 5.63. The van der Waals surface area contributed by atoms with Crippen molar-refractivity contribution in [2.75, 3.05) is 0 Å². The number of hydrogen-bond donors (Lipinski definition) is 1. The fourth-order valence-electron chi connectivity index (χ4n) is 1.98. The molecule has 0 radical (unpaired) electrons. The zero-order valence-electron chi connectivity index (χ0n) is 9.12. The van der Waals surface area contributed by atoms with Gasteiger partial charge in [-0.15, -0.1) is 0 Å². The van der Waals surface area contributed by atoms with Crippen LogP contribution in [-0.4, -0.2) is 12.1 Å². The van der Waals surface area contributed by atoms with Crippen LogP contribution in [-0.2, 0) is 0 Å². The maximum absolute atomic E-state index is 13.5. The summed E-state index contributed by atoms with van der Waals surface area (Å²) in [6.45, 7) is 0. The molecule has 3 nitrogen and oxygen atoms in total. The van der Waals surface area contributed by atoms with E-state index in [0.717, 1.165) is 18.6 Å². The molecule has 17 heavy (non-hydrogen) atoms. The average molecular weight is 238 g/mol. The number of nitriles is 1. The molecule has 0 heterocycles. The van der Waals surface area contributed by atoms with Crippen LogP contribution in [0, 0.1) is 23.0 Å². The summed E-state index contributed by atoms with van der Waals surface area (Å²) >= 11 is 0. The number of nitrogens with zero attached hydrogens (tertiary/aromatic N) is 1. The first kappa shape index (κ1) is 11.8. The topological polar surface area (TPSA) is 59.0 Å². The molecule has 0 aliphatic heterocycles. The third kappa shape index (κ3) is 2.53. The van der Waals surface area contributed by atoms with Crippen molar-refractivity contribution in [3.63, 3.8) is 0 Å². The molecule has 5 heteroatoms. The van der Waals surface area contributed by atoms with E-state index in [1.54, 1.807) is 6.07 Å². The van der Waals surface area contributed by atoms with Crippen molar-refractivity contribution >= 4 is 0 Å². The second-order valence-electron chi connectivity index (χ2n) is 4.19. The quantitative estimate of drug-likeness (QED) is 0.858. The standard InChI is InChI=1S/C12H12F2N2O/c13-10-3-7(6-15)4-11(14)12(10)17-9-2-1-8(16)5-9/h3-4,8-9H,1-2,5,16H2. The van der Waals surface area contributed by atoms with E-state index in [-0.39, 0.29) is 17.7 Å². The largest absolute Gasteiger partial charge is 0.484 e. The Kier molecular flexibility index (Phi) is 3.25. The average Bonchev–Trinajstić information content (AvgIpc) is 2.69. The van der Waals surface area contributed by atoms with Crippen LogP contribution in [0.15, 0.2) is 12.1 Å². The predicted octanol–water partition coefficient (Wildman–Crippen LogP) is 2.10. The Morgan fingerprint density at radius 3 is 2.41 bits per heavy atom. The Bertz CT molecular complexity index is 447. The molecule has 1 aliphatic rings. The summed E-state index contributed by atoms with van der Waals surface area (Å²) in [5.74, 6) is -2.10. The minimum atomic E-state index is -0.845. The highest BCUT2D eigenvalue weighted by molar-refractivity contribution is 5.37. The molecule has 0 bridgehead atoms.